The molecule has 1 aromatic carbocycles. The van der Waals surface area contributed by atoms with E-state index in [4.69, 9.17) is 0 Å². The molecule has 0 fully saturated rings. The van der Waals surface area contributed by atoms with E-state index in [0.29, 0.717) is 6.42 Å². The number of alkyl halides is 1. The van der Waals surface area contributed by atoms with Gasteiger partial charge >= 0.3 is 0 Å². The molecule has 0 aliphatic rings. The van der Waals surface area contributed by atoms with Gasteiger partial charge in [-0.05, 0) is 18.8 Å². The summed E-state index contributed by atoms with van der Waals surface area (Å²) in [7, 11) is 0. The van der Waals surface area contributed by atoms with Crippen LogP contribution in [0.4, 0.5) is 13.2 Å². The predicted molar refractivity (Wildman–Crippen MR) is 63.2 cm³/mol. The van der Waals surface area contributed by atoms with Gasteiger partial charge in [0, 0.05) is 5.56 Å². The third kappa shape index (κ3) is 3.00. The fourth-order valence-corrected chi connectivity index (χ4v) is 1.70. The smallest absolute Gasteiger partial charge is 0.201 e. The first-order valence-corrected chi connectivity index (χ1v) is 5.82. The molecular weight excluding hydrogens is 261 g/mol. The number of carbonyl (C=O) groups is 1. The number of phenolic OH excluding ortho intramolecular Hbond substituents is 2. The van der Waals surface area contributed by atoms with Crippen LogP contribution in [0.25, 0.3) is 0 Å². The van der Waals surface area contributed by atoms with Crippen LogP contribution >= 0.6 is 0 Å². The van der Waals surface area contributed by atoms with E-state index in [9.17, 15) is 28.2 Å². The van der Waals surface area contributed by atoms with Gasteiger partial charge in [0.25, 0.3) is 0 Å². The highest BCUT2D eigenvalue weighted by Gasteiger charge is 2.27. The molecule has 0 saturated carbocycles. The minimum absolute atomic E-state index is 0.0547. The van der Waals surface area contributed by atoms with Gasteiger partial charge in [-0.1, -0.05) is 13.8 Å². The normalized spacial score (nSPS) is 11.1. The first-order chi connectivity index (χ1) is 8.81. The van der Waals surface area contributed by atoms with Crippen molar-refractivity contribution >= 4 is 5.78 Å². The SMILES string of the molecule is CC(C)CCc1c(O)c(F)c(F)c(C(=O)CF)c1O. The number of ketones is 1. The molecule has 0 aliphatic heterocycles. The number of hydrogen-bond donors (Lipinski definition) is 2. The fraction of sp³-hybridized carbons (Fsp3) is 0.462. The average molecular weight is 276 g/mol. The maximum absolute atomic E-state index is 13.5. The van der Waals surface area contributed by atoms with E-state index in [1.54, 1.807) is 0 Å². The van der Waals surface area contributed by atoms with Gasteiger partial charge in [0.1, 0.15) is 11.3 Å². The van der Waals surface area contributed by atoms with Crippen LogP contribution in [0.3, 0.4) is 0 Å². The van der Waals surface area contributed by atoms with Gasteiger partial charge in [-0.25, -0.2) is 8.78 Å². The van der Waals surface area contributed by atoms with Crippen LogP contribution in [0.1, 0.15) is 36.2 Å². The number of aromatic hydroxyl groups is 2. The lowest BCUT2D eigenvalue weighted by Gasteiger charge is -2.13. The Morgan fingerprint density at radius 3 is 2.21 bits per heavy atom. The number of hydrogen-bond acceptors (Lipinski definition) is 3. The number of Topliss-reactive ketones (excluding diaryl/α,β-unsaturated/α-hetero) is 1. The zero-order chi connectivity index (χ0) is 14.7. The van der Waals surface area contributed by atoms with E-state index in [0.717, 1.165) is 0 Å². The highest BCUT2D eigenvalue weighted by molar-refractivity contribution is 6.00. The topological polar surface area (TPSA) is 57.5 Å². The van der Waals surface area contributed by atoms with E-state index < -0.39 is 41.2 Å². The number of rotatable bonds is 5. The lowest BCUT2D eigenvalue weighted by molar-refractivity contribution is 0.0950. The standard InChI is InChI=1S/C13H15F3O3/c1-6(2)3-4-7-12(18)9(8(17)5-14)10(15)11(16)13(7)19/h6,18-19H,3-5H2,1-2H3. The zero-order valence-corrected chi connectivity index (χ0v) is 10.6. The molecule has 0 aromatic heterocycles. The van der Waals surface area contributed by atoms with E-state index >= 15 is 0 Å². The van der Waals surface area contributed by atoms with Crippen LogP contribution in [0.15, 0.2) is 0 Å². The van der Waals surface area contributed by atoms with Crippen molar-refractivity contribution in [2.24, 2.45) is 5.92 Å². The van der Waals surface area contributed by atoms with Gasteiger partial charge in [0.05, 0.1) is 0 Å². The molecule has 6 heteroatoms. The van der Waals surface area contributed by atoms with Crippen molar-refractivity contribution in [2.75, 3.05) is 6.67 Å². The summed E-state index contributed by atoms with van der Waals surface area (Å²) >= 11 is 0. The molecule has 19 heavy (non-hydrogen) atoms. The summed E-state index contributed by atoms with van der Waals surface area (Å²) in [5.74, 6) is -6.48. The predicted octanol–water partition coefficient (Wildman–Crippen LogP) is 3.12. The Bertz CT molecular complexity index is 499. The molecule has 0 saturated heterocycles. The Hall–Kier alpha value is -1.72. The van der Waals surface area contributed by atoms with Gasteiger partial charge in [-0.15, -0.1) is 0 Å². The largest absolute Gasteiger partial charge is 0.507 e. The third-order valence-electron chi connectivity index (χ3n) is 2.80. The molecule has 2 N–H and O–H groups in total. The number of halogens is 3. The minimum Gasteiger partial charge on any atom is -0.507 e. The second kappa shape index (κ2) is 5.95. The molecule has 0 heterocycles. The molecule has 0 spiro atoms. The maximum Gasteiger partial charge on any atom is 0.201 e. The Labute approximate surface area is 108 Å². The molecule has 106 valence electrons. The Kier molecular flexibility index (Phi) is 4.80. The molecule has 1 rings (SSSR count). The molecule has 0 radical (unpaired) electrons. The van der Waals surface area contributed by atoms with E-state index in [1.165, 1.54) is 0 Å². The van der Waals surface area contributed by atoms with Crippen LogP contribution < -0.4 is 0 Å². The summed E-state index contributed by atoms with van der Waals surface area (Å²) in [6.45, 7) is 2.17. The fourth-order valence-electron chi connectivity index (χ4n) is 1.70. The quantitative estimate of drug-likeness (QED) is 0.812. The summed E-state index contributed by atoms with van der Waals surface area (Å²) in [5.41, 5.74) is -1.32. The average Bonchev–Trinajstić information content (AvgIpc) is 2.35. The monoisotopic (exact) mass is 276 g/mol. The van der Waals surface area contributed by atoms with Crippen LogP contribution in [-0.4, -0.2) is 22.7 Å². The Morgan fingerprint density at radius 1 is 1.16 bits per heavy atom. The summed E-state index contributed by atoms with van der Waals surface area (Å²) in [4.78, 5) is 11.2. The van der Waals surface area contributed by atoms with Crippen molar-refractivity contribution in [1.29, 1.82) is 0 Å². The van der Waals surface area contributed by atoms with Gasteiger partial charge < -0.3 is 10.2 Å². The van der Waals surface area contributed by atoms with E-state index in [-0.39, 0.29) is 17.9 Å². The van der Waals surface area contributed by atoms with Crippen molar-refractivity contribution in [1.82, 2.24) is 0 Å². The third-order valence-corrected chi connectivity index (χ3v) is 2.80. The highest BCUT2D eigenvalue weighted by Crippen LogP contribution is 2.37. The van der Waals surface area contributed by atoms with Crippen molar-refractivity contribution in [2.45, 2.75) is 26.7 Å². The molecule has 0 unspecified atom stereocenters. The first-order valence-electron chi connectivity index (χ1n) is 5.82. The maximum atomic E-state index is 13.5. The molecule has 0 bridgehead atoms. The Morgan fingerprint density at radius 2 is 1.74 bits per heavy atom. The molecule has 0 amide bonds. The number of phenols is 2. The number of benzene rings is 1. The van der Waals surface area contributed by atoms with Crippen LogP contribution in [-0.2, 0) is 6.42 Å². The molecular formula is C13H15F3O3. The van der Waals surface area contributed by atoms with Crippen molar-refractivity contribution < 1.29 is 28.2 Å². The zero-order valence-electron chi connectivity index (χ0n) is 10.6. The lowest BCUT2D eigenvalue weighted by atomic mass is 9.97. The van der Waals surface area contributed by atoms with Gasteiger partial charge in [0.2, 0.25) is 11.6 Å². The van der Waals surface area contributed by atoms with E-state index in [1.807, 2.05) is 13.8 Å². The molecule has 0 atom stereocenters. The van der Waals surface area contributed by atoms with Crippen molar-refractivity contribution in [3.63, 3.8) is 0 Å². The van der Waals surface area contributed by atoms with Crippen molar-refractivity contribution in [3.05, 3.63) is 22.8 Å². The van der Waals surface area contributed by atoms with Gasteiger partial charge in [-0.2, -0.15) is 4.39 Å². The van der Waals surface area contributed by atoms with Gasteiger partial charge in [0.15, 0.2) is 18.2 Å². The van der Waals surface area contributed by atoms with E-state index in [2.05, 4.69) is 0 Å². The van der Waals surface area contributed by atoms with Crippen LogP contribution in [0.5, 0.6) is 11.5 Å². The summed E-state index contributed by atoms with van der Waals surface area (Å²) in [6.07, 6.45) is 0.536. The summed E-state index contributed by atoms with van der Waals surface area (Å²) in [6, 6.07) is 0. The highest BCUT2D eigenvalue weighted by atomic mass is 19.2. The van der Waals surface area contributed by atoms with Crippen LogP contribution in [0, 0.1) is 17.6 Å². The lowest BCUT2D eigenvalue weighted by Crippen LogP contribution is -2.09. The molecule has 3 nitrogen and oxygen atoms in total. The van der Waals surface area contributed by atoms with Crippen molar-refractivity contribution in [3.8, 4) is 11.5 Å². The Balaban J connectivity index is 3.39. The summed E-state index contributed by atoms with van der Waals surface area (Å²) in [5, 5.41) is 19.2. The molecule has 1 aromatic rings. The second-order valence-corrected chi connectivity index (χ2v) is 4.67. The molecule has 0 aliphatic carbocycles. The first kappa shape index (κ1) is 15.3. The minimum atomic E-state index is -1.73. The van der Waals surface area contributed by atoms with Gasteiger partial charge in [-0.3, -0.25) is 4.79 Å². The van der Waals surface area contributed by atoms with Crippen LogP contribution in [0.2, 0.25) is 0 Å². The summed E-state index contributed by atoms with van der Waals surface area (Å²) < 4.78 is 39.2. The number of carbonyl (C=O) groups excluding carboxylic acids is 1. The second-order valence-electron chi connectivity index (χ2n) is 4.67.